The number of nitrogens with zero attached hydrogens (tertiary/aromatic N) is 1. The minimum Gasteiger partial charge on any atom is -0.333 e. The summed E-state index contributed by atoms with van der Waals surface area (Å²) in [6.45, 7) is 15.1. The van der Waals surface area contributed by atoms with E-state index in [0.717, 1.165) is 32.7 Å². The number of carbonyl (C=O) groups is 1. The number of piperazine rings is 1. The summed E-state index contributed by atoms with van der Waals surface area (Å²) < 4.78 is 0. The Morgan fingerprint density at radius 3 is 2.38 bits per heavy atom. The fourth-order valence-corrected chi connectivity index (χ4v) is 3.46. The SMILES string of the molecule is Cc1ccccc1C[NH+]1CC[NH+]([C@H](C)C(=O)N[C@@](C)(C#N)C(C)C)CC1. The molecule has 5 heteroatoms. The van der Waals surface area contributed by atoms with Gasteiger partial charge in [0.1, 0.15) is 38.3 Å². The van der Waals surface area contributed by atoms with Gasteiger partial charge in [-0.15, -0.1) is 0 Å². The first-order valence-corrected chi connectivity index (χ1v) is 9.72. The van der Waals surface area contributed by atoms with Crippen LogP contribution in [0.3, 0.4) is 0 Å². The Labute approximate surface area is 158 Å². The molecule has 5 nitrogen and oxygen atoms in total. The number of amides is 1. The standard InChI is InChI=1S/C21H32N4O/c1-16(2)21(5,15-22)23-20(26)18(4)25-12-10-24(11-13-25)14-19-9-7-6-8-17(19)3/h6-9,16,18H,10-14H2,1-5H3,(H,23,26)/p+2/t18-,21+/m1/s1. The number of benzene rings is 1. The molecule has 2 rings (SSSR count). The van der Waals surface area contributed by atoms with Gasteiger partial charge in [0, 0.05) is 5.56 Å². The van der Waals surface area contributed by atoms with Crippen molar-refractivity contribution in [1.82, 2.24) is 5.32 Å². The summed E-state index contributed by atoms with van der Waals surface area (Å²) in [5.41, 5.74) is 1.97. The second-order valence-corrected chi connectivity index (χ2v) is 8.19. The molecule has 0 radical (unpaired) electrons. The van der Waals surface area contributed by atoms with Gasteiger partial charge in [0.15, 0.2) is 6.04 Å². The maximum Gasteiger partial charge on any atom is 0.279 e. The number of nitrogens with one attached hydrogen (secondary N) is 3. The molecule has 2 atom stereocenters. The summed E-state index contributed by atoms with van der Waals surface area (Å²) >= 11 is 0. The smallest absolute Gasteiger partial charge is 0.279 e. The topological polar surface area (TPSA) is 61.8 Å². The highest BCUT2D eigenvalue weighted by Crippen LogP contribution is 2.15. The third-order valence-corrected chi connectivity index (χ3v) is 6.08. The van der Waals surface area contributed by atoms with Crippen molar-refractivity contribution in [2.75, 3.05) is 26.2 Å². The predicted octanol–water partition coefficient (Wildman–Crippen LogP) is -0.279. The van der Waals surface area contributed by atoms with Gasteiger partial charge in [-0.25, -0.2) is 0 Å². The molecule has 0 unspecified atom stereocenters. The van der Waals surface area contributed by atoms with E-state index in [0.29, 0.717) is 0 Å². The molecule has 1 aromatic carbocycles. The molecule has 1 saturated heterocycles. The van der Waals surface area contributed by atoms with E-state index in [1.54, 1.807) is 4.90 Å². The zero-order valence-corrected chi connectivity index (χ0v) is 16.9. The van der Waals surface area contributed by atoms with Crippen LogP contribution in [0.5, 0.6) is 0 Å². The summed E-state index contributed by atoms with van der Waals surface area (Å²) in [5.74, 6) is 0.0640. The van der Waals surface area contributed by atoms with Gasteiger partial charge in [-0.3, -0.25) is 4.79 Å². The van der Waals surface area contributed by atoms with E-state index in [1.807, 2.05) is 27.7 Å². The predicted molar refractivity (Wildman–Crippen MR) is 103 cm³/mol. The average Bonchev–Trinajstić information content (AvgIpc) is 2.63. The molecule has 0 aromatic heterocycles. The van der Waals surface area contributed by atoms with E-state index < -0.39 is 5.54 Å². The number of hydrogen-bond acceptors (Lipinski definition) is 2. The Balaban J connectivity index is 1.88. The third-order valence-electron chi connectivity index (χ3n) is 6.08. The molecule has 1 fully saturated rings. The first-order valence-electron chi connectivity index (χ1n) is 9.72. The summed E-state index contributed by atoms with van der Waals surface area (Å²) in [7, 11) is 0. The van der Waals surface area contributed by atoms with Crippen molar-refractivity contribution < 1.29 is 14.6 Å². The molecule has 1 amide bonds. The number of carbonyl (C=O) groups excluding carboxylic acids is 1. The van der Waals surface area contributed by atoms with Crippen molar-refractivity contribution in [2.24, 2.45) is 5.92 Å². The molecule has 0 aliphatic carbocycles. The van der Waals surface area contributed by atoms with E-state index in [2.05, 4.69) is 42.6 Å². The van der Waals surface area contributed by atoms with Crippen LogP contribution < -0.4 is 15.1 Å². The van der Waals surface area contributed by atoms with Crippen molar-refractivity contribution >= 4 is 5.91 Å². The fraction of sp³-hybridized carbons (Fsp3) is 0.619. The van der Waals surface area contributed by atoms with Gasteiger partial charge >= 0.3 is 0 Å². The van der Waals surface area contributed by atoms with Gasteiger partial charge in [-0.2, -0.15) is 5.26 Å². The van der Waals surface area contributed by atoms with Crippen molar-refractivity contribution in [3.63, 3.8) is 0 Å². The molecular weight excluding hydrogens is 324 g/mol. The summed E-state index contributed by atoms with van der Waals surface area (Å²) in [5, 5.41) is 12.4. The number of aryl methyl sites for hydroxylation is 1. The minimum absolute atomic E-state index is 0.0138. The van der Waals surface area contributed by atoms with Crippen molar-refractivity contribution in [2.45, 2.75) is 52.7 Å². The monoisotopic (exact) mass is 358 g/mol. The largest absolute Gasteiger partial charge is 0.333 e. The number of hydrogen-bond donors (Lipinski definition) is 3. The van der Waals surface area contributed by atoms with Crippen LogP contribution in [-0.2, 0) is 11.3 Å². The molecule has 1 heterocycles. The minimum atomic E-state index is -0.803. The molecule has 1 aliphatic heterocycles. The van der Waals surface area contributed by atoms with E-state index in [9.17, 15) is 10.1 Å². The lowest BCUT2D eigenvalue weighted by atomic mass is 9.89. The van der Waals surface area contributed by atoms with Gasteiger partial charge < -0.3 is 15.1 Å². The van der Waals surface area contributed by atoms with Crippen molar-refractivity contribution in [1.29, 1.82) is 5.26 Å². The molecule has 0 saturated carbocycles. The van der Waals surface area contributed by atoms with Crippen LogP contribution in [0.25, 0.3) is 0 Å². The van der Waals surface area contributed by atoms with Gasteiger partial charge in [0.2, 0.25) is 0 Å². The first kappa shape index (κ1) is 20.4. The highest BCUT2D eigenvalue weighted by molar-refractivity contribution is 5.81. The van der Waals surface area contributed by atoms with Crippen molar-refractivity contribution in [3.8, 4) is 6.07 Å². The van der Waals surface area contributed by atoms with Crippen LogP contribution >= 0.6 is 0 Å². The summed E-state index contributed by atoms with van der Waals surface area (Å²) in [6, 6.07) is 10.7. The third kappa shape index (κ3) is 4.84. The normalized spacial score (nSPS) is 23.7. The Bertz CT molecular complexity index is 658. The lowest BCUT2D eigenvalue weighted by Gasteiger charge is -2.34. The lowest BCUT2D eigenvalue weighted by molar-refractivity contribution is -1.02. The van der Waals surface area contributed by atoms with Crippen molar-refractivity contribution in [3.05, 3.63) is 35.4 Å². The highest BCUT2D eigenvalue weighted by Gasteiger charge is 2.36. The van der Waals surface area contributed by atoms with Gasteiger partial charge in [0.05, 0.1) is 6.07 Å². The Kier molecular flexibility index (Phi) is 6.80. The number of rotatable bonds is 6. The Morgan fingerprint density at radius 1 is 1.23 bits per heavy atom. The lowest BCUT2D eigenvalue weighted by Crippen LogP contribution is -3.29. The second-order valence-electron chi connectivity index (χ2n) is 8.19. The maximum atomic E-state index is 12.6. The number of quaternary nitrogens is 2. The van der Waals surface area contributed by atoms with Crippen LogP contribution in [0.1, 0.15) is 38.8 Å². The Morgan fingerprint density at radius 2 is 1.85 bits per heavy atom. The van der Waals surface area contributed by atoms with Crippen LogP contribution in [-0.4, -0.2) is 43.7 Å². The van der Waals surface area contributed by atoms with E-state index in [4.69, 9.17) is 0 Å². The molecule has 1 aromatic rings. The fourth-order valence-electron chi connectivity index (χ4n) is 3.46. The van der Waals surface area contributed by atoms with Crippen LogP contribution in [0.15, 0.2) is 24.3 Å². The summed E-state index contributed by atoms with van der Waals surface area (Å²) in [4.78, 5) is 15.6. The highest BCUT2D eigenvalue weighted by atomic mass is 16.2. The Hall–Kier alpha value is -1.90. The zero-order chi connectivity index (χ0) is 19.3. The average molecular weight is 359 g/mol. The van der Waals surface area contributed by atoms with E-state index in [1.165, 1.54) is 16.0 Å². The van der Waals surface area contributed by atoms with Crippen LogP contribution in [0, 0.1) is 24.2 Å². The van der Waals surface area contributed by atoms with E-state index in [-0.39, 0.29) is 17.9 Å². The molecule has 1 aliphatic rings. The van der Waals surface area contributed by atoms with E-state index >= 15 is 0 Å². The van der Waals surface area contributed by atoms with Gasteiger partial charge in [-0.1, -0.05) is 38.1 Å². The van der Waals surface area contributed by atoms with Crippen LogP contribution in [0.2, 0.25) is 0 Å². The van der Waals surface area contributed by atoms with Crippen LogP contribution in [0.4, 0.5) is 0 Å². The zero-order valence-electron chi connectivity index (χ0n) is 16.9. The molecule has 0 bridgehead atoms. The molecule has 142 valence electrons. The van der Waals surface area contributed by atoms with Gasteiger partial charge in [0.25, 0.3) is 5.91 Å². The summed E-state index contributed by atoms with van der Waals surface area (Å²) in [6.07, 6.45) is 0. The maximum absolute atomic E-state index is 12.6. The molecule has 26 heavy (non-hydrogen) atoms. The molecule has 3 N–H and O–H groups in total. The second kappa shape index (κ2) is 8.66. The van der Waals surface area contributed by atoms with Gasteiger partial charge in [-0.05, 0) is 32.3 Å². The quantitative estimate of drug-likeness (QED) is 0.655. The first-order chi connectivity index (χ1) is 12.3. The molecular formula is C21H34N4O+2. The molecule has 0 spiro atoms. The number of nitriles is 1.